The fraction of sp³-hybridized carbons (Fsp3) is 0.970. The molecule has 0 aliphatic rings. The number of unbranched alkanes of at least 4 members (excludes halogenated alkanes) is 18. The molecule has 0 rings (SSSR count). The summed E-state index contributed by atoms with van der Waals surface area (Å²) in [6, 6.07) is 0. The SMILES string of the molecule is CCCCCCCCCCCCCCCCCCCCOCC(COP(=O)(O)OCC[N+](C)(C)C)OCCCCC(=O)O. The van der Waals surface area contributed by atoms with Crippen molar-refractivity contribution in [3.63, 3.8) is 0 Å². The van der Waals surface area contributed by atoms with Crippen LogP contribution in [-0.4, -0.2) is 87.3 Å². The van der Waals surface area contributed by atoms with Crippen molar-refractivity contribution >= 4 is 13.8 Å². The van der Waals surface area contributed by atoms with Gasteiger partial charge in [-0.05, 0) is 19.3 Å². The molecule has 43 heavy (non-hydrogen) atoms. The zero-order valence-corrected chi connectivity index (χ0v) is 29.3. The fourth-order valence-corrected chi connectivity index (χ4v) is 5.48. The Balaban J connectivity index is 3.89. The number of ether oxygens (including phenoxy) is 2. The molecule has 9 nitrogen and oxygen atoms in total. The van der Waals surface area contributed by atoms with E-state index in [-0.39, 0.29) is 26.2 Å². The topological polar surface area (TPSA) is 112 Å². The number of carboxylic acid groups (broad SMARTS) is 1. The summed E-state index contributed by atoms with van der Waals surface area (Å²) in [6.45, 7) is 4.01. The maximum absolute atomic E-state index is 12.3. The van der Waals surface area contributed by atoms with Gasteiger partial charge in [-0.3, -0.25) is 13.8 Å². The number of quaternary nitrogens is 1. The van der Waals surface area contributed by atoms with Crippen LogP contribution in [0.25, 0.3) is 0 Å². The van der Waals surface area contributed by atoms with E-state index >= 15 is 0 Å². The Morgan fingerprint density at radius 2 is 1.12 bits per heavy atom. The molecule has 0 aromatic carbocycles. The van der Waals surface area contributed by atoms with Crippen molar-refractivity contribution < 1.29 is 42.4 Å². The summed E-state index contributed by atoms with van der Waals surface area (Å²) in [5.74, 6) is -0.834. The molecule has 0 fully saturated rings. The first-order chi connectivity index (χ1) is 20.6. The third-order valence-electron chi connectivity index (χ3n) is 7.52. The first-order valence-corrected chi connectivity index (χ1v) is 18.9. The summed E-state index contributed by atoms with van der Waals surface area (Å²) in [6.07, 6.45) is 24.7. The van der Waals surface area contributed by atoms with Crippen LogP contribution in [0.4, 0.5) is 0 Å². The highest BCUT2D eigenvalue weighted by molar-refractivity contribution is 7.47. The average molecular weight is 639 g/mol. The van der Waals surface area contributed by atoms with Crippen molar-refractivity contribution in [2.24, 2.45) is 0 Å². The van der Waals surface area contributed by atoms with E-state index in [1.54, 1.807) is 0 Å². The average Bonchev–Trinajstić information content (AvgIpc) is 2.93. The Morgan fingerprint density at radius 3 is 1.58 bits per heavy atom. The quantitative estimate of drug-likeness (QED) is 0.0410. The second-order valence-corrected chi connectivity index (χ2v) is 14.5. The summed E-state index contributed by atoms with van der Waals surface area (Å²) in [5.41, 5.74) is 0. The first kappa shape index (κ1) is 42.5. The minimum atomic E-state index is -4.19. The number of carboxylic acids is 1. The van der Waals surface area contributed by atoms with Crippen LogP contribution in [0, 0.1) is 0 Å². The molecule has 258 valence electrons. The highest BCUT2D eigenvalue weighted by Gasteiger charge is 2.25. The van der Waals surface area contributed by atoms with E-state index < -0.39 is 19.9 Å². The standard InChI is InChI=1S/C33H68NO8P/c1-5-6-7-8-9-10-11-12-13-14-15-16-17-18-19-20-21-23-27-39-30-32(40-28-24-22-25-33(35)36)31-42-43(37,38)41-29-26-34(2,3)4/h32H,5-31H2,1-4H3,(H-,35,36,37,38)/p+1. The van der Waals surface area contributed by atoms with E-state index in [1.165, 1.54) is 103 Å². The van der Waals surface area contributed by atoms with Gasteiger partial charge in [0.25, 0.3) is 0 Å². The summed E-state index contributed by atoms with van der Waals surface area (Å²) in [7, 11) is 1.72. The Hall–Kier alpha value is -0.540. The number of hydrogen-bond acceptors (Lipinski definition) is 6. The van der Waals surface area contributed by atoms with E-state index in [0.717, 1.165) is 12.8 Å². The molecule has 2 unspecified atom stereocenters. The lowest BCUT2D eigenvalue weighted by Crippen LogP contribution is -2.37. The maximum Gasteiger partial charge on any atom is 0.472 e. The Kier molecular flexibility index (Phi) is 28.5. The second kappa shape index (κ2) is 28.9. The largest absolute Gasteiger partial charge is 0.481 e. The zero-order chi connectivity index (χ0) is 32.1. The van der Waals surface area contributed by atoms with Crippen LogP contribution >= 0.6 is 7.82 Å². The van der Waals surface area contributed by atoms with Gasteiger partial charge in [-0.15, -0.1) is 0 Å². The van der Waals surface area contributed by atoms with Crippen LogP contribution < -0.4 is 0 Å². The van der Waals surface area contributed by atoms with Crippen molar-refractivity contribution in [1.82, 2.24) is 0 Å². The van der Waals surface area contributed by atoms with Gasteiger partial charge < -0.3 is 24.0 Å². The van der Waals surface area contributed by atoms with Gasteiger partial charge in [0.1, 0.15) is 19.3 Å². The predicted octanol–water partition coefficient (Wildman–Crippen LogP) is 8.52. The van der Waals surface area contributed by atoms with Crippen LogP contribution in [0.2, 0.25) is 0 Å². The van der Waals surface area contributed by atoms with Gasteiger partial charge in [-0.1, -0.05) is 116 Å². The van der Waals surface area contributed by atoms with Crippen molar-refractivity contribution in [2.45, 2.75) is 148 Å². The highest BCUT2D eigenvalue weighted by atomic mass is 31.2. The third-order valence-corrected chi connectivity index (χ3v) is 8.51. The molecule has 0 aliphatic heterocycles. The number of phosphoric ester groups is 1. The monoisotopic (exact) mass is 638 g/mol. The summed E-state index contributed by atoms with van der Waals surface area (Å²) in [4.78, 5) is 20.7. The molecule has 0 bridgehead atoms. The lowest BCUT2D eigenvalue weighted by molar-refractivity contribution is -0.870. The molecule has 0 spiro atoms. The number of carbonyl (C=O) groups is 1. The Bertz CT molecular complexity index is 674. The minimum Gasteiger partial charge on any atom is -0.481 e. The molecule has 0 saturated carbocycles. The molecule has 0 aliphatic carbocycles. The molecule has 0 radical (unpaired) electrons. The normalized spacial score (nSPS) is 14.2. The molecule has 0 saturated heterocycles. The predicted molar refractivity (Wildman–Crippen MR) is 175 cm³/mol. The number of likely N-dealkylation sites (N-methyl/N-ethyl adjacent to an activating group) is 1. The zero-order valence-electron chi connectivity index (χ0n) is 28.4. The van der Waals surface area contributed by atoms with Gasteiger partial charge in [0, 0.05) is 19.6 Å². The molecule has 0 heterocycles. The van der Waals surface area contributed by atoms with Gasteiger partial charge in [-0.2, -0.15) is 0 Å². The highest BCUT2D eigenvalue weighted by Crippen LogP contribution is 2.43. The smallest absolute Gasteiger partial charge is 0.472 e. The van der Waals surface area contributed by atoms with Crippen LogP contribution in [0.5, 0.6) is 0 Å². The molecule has 0 amide bonds. The van der Waals surface area contributed by atoms with Crippen molar-refractivity contribution in [3.05, 3.63) is 0 Å². The molecule has 2 N–H and O–H groups in total. The lowest BCUT2D eigenvalue weighted by atomic mass is 10.0. The Labute approximate surface area is 264 Å². The maximum atomic E-state index is 12.3. The van der Waals surface area contributed by atoms with Gasteiger partial charge in [0.05, 0.1) is 34.4 Å². The summed E-state index contributed by atoms with van der Waals surface area (Å²) >= 11 is 0. The van der Waals surface area contributed by atoms with Crippen LogP contribution in [-0.2, 0) is 27.9 Å². The number of nitrogens with zero attached hydrogens (tertiary/aromatic N) is 1. The van der Waals surface area contributed by atoms with Crippen LogP contribution in [0.1, 0.15) is 142 Å². The van der Waals surface area contributed by atoms with E-state index in [0.29, 0.717) is 37.1 Å². The van der Waals surface area contributed by atoms with Crippen LogP contribution in [0.15, 0.2) is 0 Å². The fourth-order valence-electron chi connectivity index (χ4n) is 4.74. The number of hydrogen-bond donors (Lipinski definition) is 2. The summed E-state index contributed by atoms with van der Waals surface area (Å²) < 4.78 is 34.7. The van der Waals surface area contributed by atoms with Crippen LogP contribution in [0.3, 0.4) is 0 Å². The lowest BCUT2D eigenvalue weighted by Gasteiger charge is -2.24. The van der Waals surface area contributed by atoms with E-state index in [1.807, 2.05) is 21.1 Å². The van der Waals surface area contributed by atoms with E-state index in [2.05, 4.69) is 6.92 Å². The molecule has 0 aromatic rings. The second-order valence-electron chi connectivity index (χ2n) is 13.0. The van der Waals surface area contributed by atoms with E-state index in [4.69, 9.17) is 23.6 Å². The van der Waals surface area contributed by atoms with Crippen molar-refractivity contribution in [2.75, 3.05) is 60.7 Å². The molecule has 0 aromatic heterocycles. The third kappa shape index (κ3) is 34.2. The van der Waals surface area contributed by atoms with E-state index in [9.17, 15) is 14.3 Å². The van der Waals surface area contributed by atoms with Crippen molar-refractivity contribution in [1.29, 1.82) is 0 Å². The minimum absolute atomic E-state index is 0.0896. The van der Waals surface area contributed by atoms with Gasteiger partial charge in [0.15, 0.2) is 0 Å². The molecule has 2 atom stereocenters. The molecular formula is C33H69NO8P+. The Morgan fingerprint density at radius 1 is 0.651 bits per heavy atom. The number of phosphoric acid groups is 1. The van der Waals surface area contributed by atoms with Gasteiger partial charge in [-0.25, -0.2) is 4.57 Å². The summed E-state index contributed by atoms with van der Waals surface area (Å²) in [5, 5.41) is 8.79. The van der Waals surface area contributed by atoms with Gasteiger partial charge >= 0.3 is 13.8 Å². The van der Waals surface area contributed by atoms with Gasteiger partial charge in [0.2, 0.25) is 0 Å². The number of aliphatic carboxylic acids is 1. The van der Waals surface area contributed by atoms with Crippen molar-refractivity contribution in [3.8, 4) is 0 Å². The molecule has 10 heteroatoms. The molecular weight excluding hydrogens is 569 g/mol. The first-order valence-electron chi connectivity index (χ1n) is 17.4. The number of rotatable bonds is 34.